The third-order valence-corrected chi connectivity index (χ3v) is 3.63. The van der Waals surface area contributed by atoms with Crippen molar-refractivity contribution in [1.82, 2.24) is 15.1 Å². The van der Waals surface area contributed by atoms with E-state index in [1.807, 2.05) is 4.90 Å². The van der Waals surface area contributed by atoms with Gasteiger partial charge in [-0.1, -0.05) is 18.5 Å². The fourth-order valence-electron chi connectivity index (χ4n) is 2.09. The Morgan fingerprint density at radius 1 is 1.25 bits per heavy atom. The lowest BCUT2D eigenvalue weighted by molar-refractivity contribution is 0.137. The summed E-state index contributed by atoms with van der Waals surface area (Å²) >= 11 is 5.79. The molecule has 2 rings (SSSR count). The van der Waals surface area contributed by atoms with E-state index in [1.54, 1.807) is 24.3 Å². The van der Waals surface area contributed by atoms with Crippen LogP contribution in [-0.2, 0) is 0 Å². The second kappa shape index (κ2) is 7.36. The van der Waals surface area contributed by atoms with Crippen LogP contribution in [0.25, 0.3) is 0 Å². The number of benzene rings is 1. The van der Waals surface area contributed by atoms with Gasteiger partial charge in [-0.05, 0) is 30.8 Å². The van der Waals surface area contributed by atoms with Gasteiger partial charge in [-0.2, -0.15) is 0 Å². The monoisotopic (exact) mass is 297 g/mol. The Hall–Kier alpha value is -1.46. The van der Waals surface area contributed by atoms with Crippen LogP contribution in [0.4, 0.5) is 4.79 Å². The van der Waals surface area contributed by atoms with Crippen molar-refractivity contribution in [3.63, 3.8) is 0 Å². The molecule has 0 spiro atoms. The largest absolute Gasteiger partial charge is 0.473 e. The highest BCUT2D eigenvalue weighted by Crippen LogP contribution is 2.15. The number of hydrogen-bond donors (Lipinski definition) is 1. The first-order valence-electron chi connectivity index (χ1n) is 6.82. The molecular weight excluding hydrogens is 278 g/mol. The molecule has 1 aromatic rings. The minimum absolute atomic E-state index is 0.0743. The molecule has 1 aromatic carbocycles. The minimum Gasteiger partial charge on any atom is -0.473 e. The molecule has 1 heterocycles. The molecule has 0 radical (unpaired) electrons. The van der Waals surface area contributed by atoms with Gasteiger partial charge >= 0.3 is 6.03 Å². The summed E-state index contributed by atoms with van der Waals surface area (Å²) in [5.41, 5.74) is 0. The summed E-state index contributed by atoms with van der Waals surface area (Å²) in [7, 11) is 0. The average molecular weight is 298 g/mol. The van der Waals surface area contributed by atoms with Crippen molar-refractivity contribution in [3.8, 4) is 5.75 Å². The van der Waals surface area contributed by atoms with Crippen molar-refractivity contribution in [3.05, 3.63) is 29.3 Å². The van der Waals surface area contributed by atoms with E-state index in [0.29, 0.717) is 10.8 Å². The maximum atomic E-state index is 11.9. The second-order valence-corrected chi connectivity index (χ2v) is 5.08. The van der Waals surface area contributed by atoms with Crippen molar-refractivity contribution >= 4 is 17.6 Å². The van der Waals surface area contributed by atoms with Crippen LogP contribution in [0.2, 0.25) is 5.02 Å². The predicted octanol–water partition coefficient (Wildman–Crippen LogP) is 2.02. The highest BCUT2D eigenvalue weighted by Gasteiger charge is 2.19. The van der Waals surface area contributed by atoms with Crippen molar-refractivity contribution < 1.29 is 9.53 Å². The maximum Gasteiger partial charge on any atom is 0.320 e. The fraction of sp³-hybridized carbons (Fsp3) is 0.500. The highest BCUT2D eigenvalue weighted by molar-refractivity contribution is 6.30. The number of ether oxygens (including phenoxy) is 1. The van der Waals surface area contributed by atoms with Crippen LogP contribution in [0.1, 0.15) is 6.92 Å². The molecule has 0 aromatic heterocycles. The van der Waals surface area contributed by atoms with E-state index in [9.17, 15) is 4.79 Å². The number of nitrogens with zero attached hydrogens (tertiary/aromatic N) is 2. The molecule has 6 heteroatoms. The van der Waals surface area contributed by atoms with Gasteiger partial charge in [0.1, 0.15) is 5.75 Å². The SMILES string of the molecule is CCN1CCN(C(=O)NCOc2ccc(Cl)cc2)CC1. The number of amides is 2. The van der Waals surface area contributed by atoms with Crippen LogP contribution in [0.3, 0.4) is 0 Å². The normalized spacial score (nSPS) is 16.0. The number of nitrogens with one attached hydrogen (secondary N) is 1. The number of carbonyl (C=O) groups is 1. The Morgan fingerprint density at radius 2 is 1.90 bits per heavy atom. The standard InChI is InChI=1S/C14H20ClN3O2/c1-2-17-7-9-18(10-8-17)14(19)16-11-20-13-5-3-12(15)4-6-13/h3-6H,2,7-11H2,1H3,(H,16,19). The van der Waals surface area contributed by atoms with Crippen molar-refractivity contribution in [2.45, 2.75) is 6.92 Å². The van der Waals surface area contributed by atoms with Crippen LogP contribution in [-0.4, -0.2) is 55.3 Å². The molecule has 1 N–H and O–H groups in total. The van der Waals surface area contributed by atoms with Crippen LogP contribution < -0.4 is 10.1 Å². The molecule has 1 aliphatic heterocycles. The van der Waals surface area contributed by atoms with Crippen LogP contribution in [0, 0.1) is 0 Å². The summed E-state index contributed by atoms with van der Waals surface area (Å²) in [5, 5.41) is 3.42. The summed E-state index contributed by atoms with van der Waals surface area (Å²) in [6.45, 7) is 6.73. The second-order valence-electron chi connectivity index (χ2n) is 4.65. The smallest absolute Gasteiger partial charge is 0.320 e. The summed E-state index contributed by atoms with van der Waals surface area (Å²) in [4.78, 5) is 16.1. The molecule has 5 nitrogen and oxygen atoms in total. The Kier molecular flexibility index (Phi) is 5.49. The van der Waals surface area contributed by atoms with Crippen LogP contribution >= 0.6 is 11.6 Å². The van der Waals surface area contributed by atoms with E-state index in [2.05, 4.69) is 17.1 Å². The third kappa shape index (κ3) is 4.28. The molecule has 0 aliphatic carbocycles. The molecule has 1 saturated heterocycles. The number of rotatable bonds is 4. The van der Waals surface area contributed by atoms with Crippen LogP contribution in [0.15, 0.2) is 24.3 Å². The molecule has 1 aliphatic rings. The van der Waals surface area contributed by atoms with Gasteiger partial charge in [0.25, 0.3) is 0 Å². The quantitative estimate of drug-likeness (QED) is 0.865. The molecule has 2 amide bonds. The lowest BCUT2D eigenvalue weighted by atomic mass is 10.3. The van der Waals surface area contributed by atoms with Crippen molar-refractivity contribution in [2.75, 3.05) is 39.5 Å². The zero-order valence-electron chi connectivity index (χ0n) is 11.6. The van der Waals surface area contributed by atoms with Gasteiger partial charge in [0.2, 0.25) is 0 Å². The number of carbonyl (C=O) groups excluding carboxylic acids is 1. The van der Waals surface area contributed by atoms with E-state index in [-0.39, 0.29) is 12.8 Å². The Labute approximate surface area is 124 Å². The molecule has 0 bridgehead atoms. The topological polar surface area (TPSA) is 44.8 Å². The molecule has 110 valence electrons. The Balaban J connectivity index is 1.69. The first kappa shape index (κ1) is 14.9. The summed E-state index contributed by atoms with van der Waals surface area (Å²) in [6.07, 6.45) is 0. The van der Waals surface area contributed by atoms with Gasteiger partial charge in [-0.15, -0.1) is 0 Å². The summed E-state index contributed by atoms with van der Waals surface area (Å²) in [6, 6.07) is 6.98. The molecule has 0 unspecified atom stereocenters. The van der Waals surface area contributed by atoms with Crippen LogP contribution in [0.5, 0.6) is 5.75 Å². The predicted molar refractivity (Wildman–Crippen MR) is 79.2 cm³/mol. The lowest BCUT2D eigenvalue weighted by Crippen LogP contribution is -2.52. The van der Waals surface area contributed by atoms with E-state index in [0.717, 1.165) is 32.7 Å². The van der Waals surface area contributed by atoms with E-state index in [1.165, 1.54) is 0 Å². The number of piperazine rings is 1. The number of likely N-dealkylation sites (N-methyl/N-ethyl adjacent to an activating group) is 1. The van der Waals surface area contributed by atoms with E-state index in [4.69, 9.17) is 16.3 Å². The Morgan fingerprint density at radius 3 is 2.50 bits per heavy atom. The van der Waals surface area contributed by atoms with E-state index >= 15 is 0 Å². The molecule has 0 saturated carbocycles. The van der Waals surface area contributed by atoms with Gasteiger partial charge in [0.15, 0.2) is 6.73 Å². The third-order valence-electron chi connectivity index (χ3n) is 3.38. The first-order valence-corrected chi connectivity index (χ1v) is 7.20. The van der Waals surface area contributed by atoms with Crippen molar-refractivity contribution in [1.29, 1.82) is 0 Å². The number of hydrogen-bond acceptors (Lipinski definition) is 3. The van der Waals surface area contributed by atoms with Gasteiger partial charge in [-0.25, -0.2) is 4.79 Å². The Bertz CT molecular complexity index is 431. The van der Waals surface area contributed by atoms with Crippen molar-refractivity contribution in [2.24, 2.45) is 0 Å². The fourth-order valence-corrected chi connectivity index (χ4v) is 2.22. The van der Waals surface area contributed by atoms with Gasteiger partial charge in [0.05, 0.1) is 0 Å². The average Bonchev–Trinajstić information content (AvgIpc) is 2.49. The zero-order valence-corrected chi connectivity index (χ0v) is 12.4. The summed E-state index contributed by atoms with van der Waals surface area (Å²) < 4.78 is 5.44. The molecule has 20 heavy (non-hydrogen) atoms. The van der Waals surface area contributed by atoms with Gasteiger partial charge in [-0.3, -0.25) is 0 Å². The van der Waals surface area contributed by atoms with Gasteiger partial charge < -0.3 is 19.9 Å². The molecule has 0 atom stereocenters. The first-order chi connectivity index (χ1) is 9.69. The minimum atomic E-state index is -0.0743. The lowest BCUT2D eigenvalue weighted by Gasteiger charge is -2.33. The molecule has 1 fully saturated rings. The maximum absolute atomic E-state index is 11.9. The number of urea groups is 1. The van der Waals surface area contributed by atoms with Gasteiger partial charge in [0, 0.05) is 31.2 Å². The number of halogens is 1. The molecular formula is C14H20ClN3O2. The summed E-state index contributed by atoms with van der Waals surface area (Å²) in [5.74, 6) is 0.686. The zero-order chi connectivity index (χ0) is 14.4. The van der Waals surface area contributed by atoms with E-state index < -0.39 is 0 Å². The highest BCUT2D eigenvalue weighted by atomic mass is 35.5.